The normalized spacial score (nSPS) is 12.5. The number of nitrogens with one attached hydrogen (secondary N) is 4. The van der Waals surface area contributed by atoms with Crippen LogP contribution in [-0.4, -0.2) is 156 Å². The van der Waals surface area contributed by atoms with Crippen LogP contribution in [0.15, 0.2) is 66.7 Å². The van der Waals surface area contributed by atoms with E-state index in [4.69, 9.17) is 4.98 Å². The molecule has 0 fully saturated rings. The zero-order valence-electron chi connectivity index (χ0n) is 33.6. The first-order valence-electron chi connectivity index (χ1n) is 19.5. The summed E-state index contributed by atoms with van der Waals surface area (Å²) in [5.74, 6) is -6.64. The number of carboxylic acid groups (broad SMARTS) is 4. The number of amides is 2. The predicted molar refractivity (Wildman–Crippen MR) is 229 cm³/mol. The second-order valence-electron chi connectivity index (χ2n) is 14.5. The fraction of sp³-hybridized carbons (Fsp3) is 0.256. The standard InChI is InChI=1S/C43H45N9O10/c1-2-44-37(53)22-51(24-39(56)57)14-13-50(23-38(54)55)15-16-52(25-40(58)59)41(43(61)62)49-42(60)27-5-3-26(4-6-27)35-20-34-19-32-10-9-30(46-32)17-28-7-8-29(45-28)18-31-11-12-33(47-31)21-36(35)48-34/h3-12,17-21,41,46,48H,2,13-16,22-25H2,1H3,(H,44,53)(H,49,60)(H,54,55)(H,56,57)(H,58,59)(H,61,62). The van der Waals surface area contributed by atoms with Gasteiger partial charge in [0.2, 0.25) is 5.91 Å². The number of carboxylic acids is 4. The van der Waals surface area contributed by atoms with Crippen molar-refractivity contribution in [2.45, 2.75) is 13.1 Å². The molecule has 0 spiro atoms. The fourth-order valence-corrected chi connectivity index (χ4v) is 6.92. The van der Waals surface area contributed by atoms with Gasteiger partial charge in [0.25, 0.3) is 5.91 Å². The van der Waals surface area contributed by atoms with Gasteiger partial charge in [-0.25, -0.2) is 14.8 Å². The molecule has 2 aliphatic heterocycles. The van der Waals surface area contributed by atoms with Gasteiger partial charge in [-0.1, -0.05) is 12.1 Å². The monoisotopic (exact) mass is 847 g/mol. The molecule has 8 bridgehead atoms. The quantitative estimate of drug-likeness (QED) is 0.0513. The van der Waals surface area contributed by atoms with Crippen molar-refractivity contribution < 1.29 is 49.2 Å². The highest BCUT2D eigenvalue weighted by Crippen LogP contribution is 2.28. The number of aromatic nitrogens is 4. The summed E-state index contributed by atoms with van der Waals surface area (Å²) in [6.07, 6.45) is 5.81. The maximum absolute atomic E-state index is 13.6. The molecule has 322 valence electrons. The summed E-state index contributed by atoms with van der Waals surface area (Å²) in [5.41, 5.74) is 7.85. The van der Waals surface area contributed by atoms with Crippen LogP contribution in [0.25, 0.3) is 57.5 Å². The van der Waals surface area contributed by atoms with Crippen molar-refractivity contribution in [1.82, 2.24) is 45.3 Å². The molecular formula is C43H45N9O10. The largest absolute Gasteiger partial charge is 0.480 e. The number of hydrogen-bond acceptors (Lipinski definition) is 11. The third-order valence-corrected chi connectivity index (χ3v) is 9.73. The first-order valence-corrected chi connectivity index (χ1v) is 19.5. The Morgan fingerprint density at radius 3 is 1.79 bits per heavy atom. The number of H-pyrrole nitrogens is 2. The summed E-state index contributed by atoms with van der Waals surface area (Å²) >= 11 is 0. The lowest BCUT2D eigenvalue weighted by Crippen LogP contribution is -2.56. The summed E-state index contributed by atoms with van der Waals surface area (Å²) in [5, 5.41) is 43.7. The van der Waals surface area contributed by atoms with Gasteiger partial charge in [0, 0.05) is 65.9 Å². The fourth-order valence-electron chi connectivity index (χ4n) is 6.92. The molecule has 4 aromatic rings. The number of carbonyl (C=O) groups excluding carboxylic acids is 2. The summed E-state index contributed by atoms with van der Waals surface area (Å²) in [6, 6.07) is 20.0. The van der Waals surface area contributed by atoms with Gasteiger partial charge in [-0.2, -0.15) is 0 Å². The number of rotatable bonds is 20. The molecular weight excluding hydrogens is 803 g/mol. The Morgan fingerprint density at radius 1 is 0.613 bits per heavy atom. The van der Waals surface area contributed by atoms with Gasteiger partial charge in [-0.3, -0.25) is 38.7 Å². The molecule has 0 saturated carbocycles. The number of benzene rings is 1. The molecule has 1 aromatic carbocycles. The Morgan fingerprint density at radius 2 is 1.18 bits per heavy atom. The molecule has 1 atom stereocenters. The first-order chi connectivity index (χ1) is 29.7. The molecule has 0 aliphatic carbocycles. The topological polar surface area (TPSA) is 274 Å². The van der Waals surface area contributed by atoms with Crippen LogP contribution in [0.4, 0.5) is 0 Å². The Bertz CT molecular complexity index is 2580. The van der Waals surface area contributed by atoms with E-state index in [9.17, 15) is 49.2 Å². The van der Waals surface area contributed by atoms with E-state index < -0.39 is 61.5 Å². The lowest BCUT2D eigenvalue weighted by Gasteiger charge is -2.31. The van der Waals surface area contributed by atoms with Gasteiger partial charge in [0.15, 0.2) is 6.17 Å². The molecule has 0 radical (unpaired) electrons. The van der Waals surface area contributed by atoms with E-state index in [0.717, 1.165) is 55.2 Å². The van der Waals surface area contributed by atoms with E-state index in [1.165, 1.54) is 21.9 Å². The lowest BCUT2D eigenvalue weighted by atomic mass is 10.0. The average Bonchev–Trinajstić information content (AvgIpc) is 4.03. The molecule has 0 saturated heterocycles. The zero-order chi connectivity index (χ0) is 44.3. The van der Waals surface area contributed by atoms with Crippen LogP contribution < -0.4 is 10.6 Å². The number of nitrogens with zero attached hydrogens (tertiary/aromatic N) is 5. The minimum Gasteiger partial charge on any atom is -0.480 e. The Kier molecular flexibility index (Phi) is 14.4. The smallest absolute Gasteiger partial charge is 0.341 e. The predicted octanol–water partition coefficient (Wildman–Crippen LogP) is 2.76. The van der Waals surface area contributed by atoms with Crippen LogP contribution >= 0.6 is 0 Å². The second kappa shape index (κ2) is 20.2. The third-order valence-electron chi connectivity index (χ3n) is 9.73. The number of hydrogen-bond donors (Lipinski definition) is 8. The Labute approximate surface area is 354 Å². The van der Waals surface area contributed by atoms with Gasteiger partial charge in [0.1, 0.15) is 0 Å². The number of likely N-dealkylation sites (N-methyl/N-ethyl adjacent to an activating group) is 1. The molecule has 2 amide bonds. The van der Waals surface area contributed by atoms with Crippen molar-refractivity contribution in [3.8, 4) is 11.1 Å². The highest BCUT2D eigenvalue weighted by molar-refractivity contribution is 5.97. The first kappa shape index (κ1) is 44.1. The van der Waals surface area contributed by atoms with Crippen molar-refractivity contribution in [3.63, 3.8) is 0 Å². The third kappa shape index (κ3) is 12.3. The lowest BCUT2D eigenvalue weighted by molar-refractivity contribution is -0.148. The van der Waals surface area contributed by atoms with Crippen molar-refractivity contribution in [2.24, 2.45) is 0 Å². The van der Waals surface area contributed by atoms with Crippen LogP contribution in [0.5, 0.6) is 0 Å². The number of aromatic amines is 2. The van der Waals surface area contributed by atoms with E-state index in [0.29, 0.717) is 12.2 Å². The second-order valence-corrected chi connectivity index (χ2v) is 14.5. The van der Waals surface area contributed by atoms with Crippen LogP contribution in [0, 0.1) is 0 Å². The molecule has 5 heterocycles. The molecule has 6 rings (SSSR count). The minimum atomic E-state index is -1.83. The SMILES string of the molecule is CCNC(=O)CN(CCN(CCN(CC(=O)O)C(NC(=O)c1ccc(-c2cc3cc4ccc(cc5nc(cc6nc(cc2[nH]3)C=C6)C=C5)[nH]4)cc1)C(=O)O)CC(=O)O)CC(=O)O. The molecule has 19 heteroatoms. The van der Waals surface area contributed by atoms with E-state index in [-0.39, 0.29) is 38.3 Å². The molecule has 62 heavy (non-hydrogen) atoms. The van der Waals surface area contributed by atoms with Gasteiger partial charge >= 0.3 is 23.9 Å². The average molecular weight is 848 g/mol. The van der Waals surface area contributed by atoms with Crippen molar-refractivity contribution in [2.75, 3.05) is 58.9 Å². The Balaban J connectivity index is 1.21. The van der Waals surface area contributed by atoms with Crippen LogP contribution in [0.3, 0.4) is 0 Å². The van der Waals surface area contributed by atoms with E-state index in [1.807, 2.05) is 66.8 Å². The number of aliphatic carboxylic acids is 4. The van der Waals surface area contributed by atoms with Crippen LogP contribution in [0.1, 0.15) is 40.1 Å². The van der Waals surface area contributed by atoms with Gasteiger partial charge < -0.3 is 41.0 Å². The van der Waals surface area contributed by atoms with E-state index in [1.54, 1.807) is 19.1 Å². The maximum atomic E-state index is 13.6. The molecule has 8 N–H and O–H groups in total. The maximum Gasteiger partial charge on any atom is 0.341 e. The van der Waals surface area contributed by atoms with Crippen molar-refractivity contribution in [3.05, 3.63) is 95.1 Å². The van der Waals surface area contributed by atoms with Crippen LogP contribution in [-0.2, 0) is 24.0 Å². The Hall–Kier alpha value is -7.48. The van der Waals surface area contributed by atoms with Crippen LogP contribution in [0.2, 0.25) is 0 Å². The highest BCUT2D eigenvalue weighted by atomic mass is 16.4. The molecule has 1 unspecified atom stereocenters. The summed E-state index contributed by atoms with van der Waals surface area (Å²) in [4.78, 5) is 93.2. The summed E-state index contributed by atoms with van der Waals surface area (Å²) < 4.78 is 0. The number of fused-ring (bicyclic) bond motifs is 8. The van der Waals surface area contributed by atoms with Gasteiger partial charge in [-0.15, -0.1) is 0 Å². The molecule has 3 aromatic heterocycles. The minimum absolute atomic E-state index is 0.0444. The zero-order valence-corrected chi connectivity index (χ0v) is 33.6. The summed E-state index contributed by atoms with van der Waals surface area (Å²) in [7, 11) is 0. The van der Waals surface area contributed by atoms with E-state index >= 15 is 0 Å². The molecule has 19 nitrogen and oxygen atoms in total. The summed E-state index contributed by atoms with van der Waals surface area (Å²) in [6.45, 7) is -0.721. The van der Waals surface area contributed by atoms with E-state index in [2.05, 4.69) is 25.6 Å². The van der Waals surface area contributed by atoms with Gasteiger partial charge in [0.05, 0.1) is 49.0 Å². The number of carbonyl (C=O) groups is 6. The van der Waals surface area contributed by atoms with Gasteiger partial charge in [-0.05, 0) is 91.4 Å². The molecule has 2 aliphatic rings. The van der Waals surface area contributed by atoms with Crippen molar-refractivity contribution in [1.29, 1.82) is 0 Å². The highest BCUT2D eigenvalue weighted by Gasteiger charge is 2.30. The van der Waals surface area contributed by atoms with Crippen molar-refractivity contribution >= 4 is 82.1 Å².